The number of hydrogen-bond donors (Lipinski definition) is 1. The van der Waals surface area contributed by atoms with Crippen molar-refractivity contribution in [1.29, 1.82) is 0 Å². The van der Waals surface area contributed by atoms with Gasteiger partial charge in [0.15, 0.2) is 0 Å². The third kappa shape index (κ3) is 2.25. The number of phenolic OH excluding ortho intramolecular Hbond substituents is 1. The molecule has 0 amide bonds. The first-order valence-corrected chi connectivity index (χ1v) is 5.77. The van der Waals surface area contributed by atoms with Crippen LogP contribution in [0.15, 0.2) is 53.7 Å². The molecule has 0 aliphatic rings. The molecular formula is C15H15NO2. The topological polar surface area (TPSA) is 49.7 Å². The first kappa shape index (κ1) is 12.3. The van der Waals surface area contributed by atoms with Gasteiger partial charge < -0.3 is 5.11 Å². The van der Waals surface area contributed by atoms with Gasteiger partial charge in [-0.25, -0.2) is 0 Å². The Morgan fingerprint density at radius 1 is 0.889 bits per heavy atom. The monoisotopic (exact) mass is 241 g/mol. The normalized spacial score (nSPS) is 11.2. The Labute approximate surface area is 106 Å². The molecular weight excluding hydrogens is 226 g/mol. The van der Waals surface area contributed by atoms with Crippen LogP contribution in [0.1, 0.15) is 25.0 Å². The molecule has 2 aromatic rings. The zero-order valence-electron chi connectivity index (χ0n) is 10.4. The van der Waals surface area contributed by atoms with Crippen LogP contribution in [0.5, 0.6) is 5.75 Å². The summed E-state index contributed by atoms with van der Waals surface area (Å²) < 4.78 is 0. The summed E-state index contributed by atoms with van der Waals surface area (Å²) in [6.07, 6.45) is 0. The van der Waals surface area contributed by atoms with Gasteiger partial charge in [-0.05, 0) is 40.6 Å². The second kappa shape index (κ2) is 4.61. The Bertz CT molecular complexity index is 542. The summed E-state index contributed by atoms with van der Waals surface area (Å²) >= 11 is 0. The first-order chi connectivity index (χ1) is 8.54. The molecule has 2 aromatic carbocycles. The highest BCUT2D eigenvalue weighted by Gasteiger charge is 2.22. The van der Waals surface area contributed by atoms with Crippen LogP contribution >= 0.6 is 0 Å². The van der Waals surface area contributed by atoms with Crippen LogP contribution in [0, 0.1) is 4.91 Å². The maximum Gasteiger partial charge on any atom is 0.115 e. The highest BCUT2D eigenvalue weighted by atomic mass is 16.3. The lowest BCUT2D eigenvalue weighted by atomic mass is 9.78. The smallest absolute Gasteiger partial charge is 0.115 e. The summed E-state index contributed by atoms with van der Waals surface area (Å²) in [6.45, 7) is 4.20. The van der Waals surface area contributed by atoms with Gasteiger partial charge in [0, 0.05) is 5.41 Å². The third-order valence-electron chi connectivity index (χ3n) is 3.28. The Morgan fingerprint density at radius 2 is 1.33 bits per heavy atom. The minimum atomic E-state index is -0.185. The molecule has 18 heavy (non-hydrogen) atoms. The van der Waals surface area contributed by atoms with Crippen LogP contribution in [-0.2, 0) is 5.41 Å². The maximum absolute atomic E-state index is 10.4. The first-order valence-electron chi connectivity index (χ1n) is 5.77. The molecule has 3 heteroatoms. The predicted octanol–water partition coefficient (Wildman–Crippen LogP) is 4.12. The molecule has 1 N–H and O–H groups in total. The van der Waals surface area contributed by atoms with E-state index < -0.39 is 0 Å². The van der Waals surface area contributed by atoms with Crippen molar-refractivity contribution in [3.05, 3.63) is 64.6 Å². The molecule has 2 rings (SSSR count). The second-order valence-corrected chi connectivity index (χ2v) is 4.81. The van der Waals surface area contributed by atoms with Gasteiger partial charge in [0.25, 0.3) is 0 Å². The SMILES string of the molecule is CC(C)(c1ccc(O)cc1)c1ccc(N=O)cc1. The van der Waals surface area contributed by atoms with Gasteiger partial charge in [-0.1, -0.05) is 38.1 Å². The molecule has 0 aliphatic heterocycles. The third-order valence-corrected chi connectivity index (χ3v) is 3.28. The Hall–Kier alpha value is -2.16. The van der Waals surface area contributed by atoms with Crippen LogP contribution in [0.4, 0.5) is 5.69 Å². The number of phenols is 1. The lowest BCUT2D eigenvalue weighted by molar-refractivity contribution is 0.474. The fourth-order valence-electron chi connectivity index (χ4n) is 1.98. The summed E-state index contributed by atoms with van der Waals surface area (Å²) in [5, 5.41) is 12.2. The number of rotatable bonds is 3. The Kier molecular flexibility index (Phi) is 3.15. The molecule has 3 nitrogen and oxygen atoms in total. The molecule has 0 aliphatic carbocycles. The van der Waals surface area contributed by atoms with Crippen LogP contribution < -0.4 is 0 Å². The van der Waals surface area contributed by atoms with Crippen molar-refractivity contribution in [2.45, 2.75) is 19.3 Å². The van der Waals surface area contributed by atoms with Gasteiger partial charge in [0.2, 0.25) is 0 Å². The van der Waals surface area contributed by atoms with E-state index in [0.717, 1.165) is 11.1 Å². The molecule has 0 atom stereocenters. The van der Waals surface area contributed by atoms with Gasteiger partial charge in [0.05, 0.1) is 0 Å². The second-order valence-electron chi connectivity index (χ2n) is 4.81. The zero-order valence-corrected chi connectivity index (χ0v) is 10.4. The fraction of sp³-hybridized carbons (Fsp3) is 0.200. The van der Waals surface area contributed by atoms with E-state index in [1.54, 1.807) is 24.3 Å². The number of benzene rings is 2. The molecule has 0 saturated heterocycles. The number of hydrogen-bond acceptors (Lipinski definition) is 3. The van der Waals surface area contributed by atoms with Crippen molar-refractivity contribution < 1.29 is 5.11 Å². The molecule has 0 spiro atoms. The summed E-state index contributed by atoms with van der Waals surface area (Å²) in [6, 6.07) is 14.4. The van der Waals surface area contributed by atoms with Crippen molar-refractivity contribution >= 4 is 5.69 Å². The van der Waals surface area contributed by atoms with Crippen molar-refractivity contribution in [2.24, 2.45) is 5.18 Å². The summed E-state index contributed by atoms with van der Waals surface area (Å²) in [5.74, 6) is 0.259. The van der Waals surface area contributed by atoms with E-state index in [4.69, 9.17) is 0 Å². The van der Waals surface area contributed by atoms with E-state index in [9.17, 15) is 10.0 Å². The standard InChI is InChI=1S/C15H15NO2/c1-15(2,12-5-9-14(17)10-6-12)11-3-7-13(16-18)8-4-11/h3-10,17H,1-2H3. The average molecular weight is 241 g/mol. The molecule has 0 fully saturated rings. The van der Waals surface area contributed by atoms with Gasteiger partial charge in [-0.2, -0.15) is 0 Å². The van der Waals surface area contributed by atoms with Crippen molar-refractivity contribution in [1.82, 2.24) is 0 Å². The fourth-order valence-corrected chi connectivity index (χ4v) is 1.98. The molecule has 0 heterocycles. The summed E-state index contributed by atoms with van der Waals surface area (Å²) in [7, 11) is 0. The van der Waals surface area contributed by atoms with E-state index >= 15 is 0 Å². The van der Waals surface area contributed by atoms with Crippen LogP contribution in [-0.4, -0.2) is 5.11 Å². The van der Waals surface area contributed by atoms with E-state index in [-0.39, 0.29) is 11.2 Å². The molecule has 0 unspecified atom stereocenters. The minimum Gasteiger partial charge on any atom is -0.508 e. The number of nitrogens with zero attached hydrogens (tertiary/aromatic N) is 1. The van der Waals surface area contributed by atoms with Gasteiger partial charge in [-0.3, -0.25) is 0 Å². The minimum absolute atomic E-state index is 0.185. The highest BCUT2D eigenvalue weighted by molar-refractivity contribution is 5.45. The molecule has 0 saturated carbocycles. The van der Waals surface area contributed by atoms with Crippen LogP contribution in [0.2, 0.25) is 0 Å². The Morgan fingerprint density at radius 3 is 1.78 bits per heavy atom. The van der Waals surface area contributed by atoms with E-state index in [1.165, 1.54) is 0 Å². The van der Waals surface area contributed by atoms with Crippen LogP contribution in [0.25, 0.3) is 0 Å². The predicted molar refractivity (Wildman–Crippen MR) is 72.1 cm³/mol. The zero-order chi connectivity index (χ0) is 13.2. The van der Waals surface area contributed by atoms with Crippen molar-refractivity contribution in [3.8, 4) is 5.75 Å². The van der Waals surface area contributed by atoms with Crippen molar-refractivity contribution in [3.63, 3.8) is 0 Å². The number of nitroso groups, excluding NO2 is 1. The lowest BCUT2D eigenvalue weighted by Crippen LogP contribution is -2.18. The average Bonchev–Trinajstić information content (AvgIpc) is 2.39. The summed E-state index contributed by atoms with van der Waals surface area (Å²) in [4.78, 5) is 10.4. The van der Waals surface area contributed by atoms with Gasteiger partial charge in [0.1, 0.15) is 11.4 Å². The molecule has 0 radical (unpaired) electrons. The van der Waals surface area contributed by atoms with E-state index in [0.29, 0.717) is 5.69 Å². The Balaban J connectivity index is 2.39. The van der Waals surface area contributed by atoms with E-state index in [1.807, 2.05) is 24.3 Å². The van der Waals surface area contributed by atoms with Gasteiger partial charge in [-0.15, -0.1) is 4.91 Å². The molecule has 0 bridgehead atoms. The number of aromatic hydroxyl groups is 1. The van der Waals surface area contributed by atoms with Crippen LogP contribution in [0.3, 0.4) is 0 Å². The molecule has 0 aromatic heterocycles. The van der Waals surface area contributed by atoms with Gasteiger partial charge >= 0.3 is 0 Å². The van der Waals surface area contributed by atoms with Crippen molar-refractivity contribution in [2.75, 3.05) is 0 Å². The summed E-state index contributed by atoms with van der Waals surface area (Å²) in [5.41, 5.74) is 2.45. The maximum atomic E-state index is 10.4. The van der Waals surface area contributed by atoms with E-state index in [2.05, 4.69) is 19.0 Å². The largest absolute Gasteiger partial charge is 0.508 e. The molecule has 92 valence electrons. The highest BCUT2D eigenvalue weighted by Crippen LogP contribution is 2.33. The lowest BCUT2D eigenvalue weighted by Gasteiger charge is -2.26. The quantitative estimate of drug-likeness (QED) is 0.822.